The van der Waals surface area contributed by atoms with Crippen molar-refractivity contribution in [2.24, 2.45) is 0 Å². The zero-order chi connectivity index (χ0) is 24.2. The SMILES string of the molecule is Cc1nn(-c2c(F)c(F)c(C#N)c(F)c2F)c(O)c1C(=O)c1c(F)c(F)c(F)c(F)c1F.[Mn]. The van der Waals surface area contributed by atoms with E-state index in [4.69, 9.17) is 5.26 Å². The standard InChI is InChI=1S/C18H4F9N3O2.Mn/c1-3-5(17(31)6-9(21)11(23)13(25)12(24)10(6)22)18(32)30(29-3)16-14(26)7(19)4(2-28)8(20)15(16)27;/h32H,1H3;. The van der Waals surface area contributed by atoms with Crippen molar-refractivity contribution < 1.29 is 66.5 Å². The summed E-state index contributed by atoms with van der Waals surface area (Å²) in [5.74, 6) is -25.3. The molecule has 0 aliphatic heterocycles. The molecule has 0 aliphatic rings. The minimum Gasteiger partial charge on any atom is -0.493 e. The molecule has 0 saturated carbocycles. The fraction of sp³-hybridized carbons (Fsp3) is 0.0556. The second-order valence-electron chi connectivity index (χ2n) is 6.06. The van der Waals surface area contributed by atoms with Crippen LogP contribution in [-0.2, 0) is 17.1 Å². The van der Waals surface area contributed by atoms with Crippen LogP contribution in [0, 0.1) is 70.6 Å². The van der Waals surface area contributed by atoms with Crippen LogP contribution >= 0.6 is 0 Å². The summed E-state index contributed by atoms with van der Waals surface area (Å²) in [6, 6.07) is 0.861. The molecule has 0 amide bonds. The van der Waals surface area contributed by atoms with E-state index in [1.807, 2.05) is 0 Å². The third-order valence-corrected chi connectivity index (χ3v) is 4.26. The largest absolute Gasteiger partial charge is 0.493 e. The van der Waals surface area contributed by atoms with Crippen LogP contribution in [0.1, 0.15) is 27.2 Å². The molecular weight excluding hydrogens is 516 g/mol. The van der Waals surface area contributed by atoms with Crippen molar-refractivity contribution in [2.45, 2.75) is 6.92 Å². The number of aromatic nitrogens is 2. The van der Waals surface area contributed by atoms with Crippen molar-refractivity contribution in [3.05, 3.63) is 74.7 Å². The number of carbonyl (C=O) groups excluding carboxylic acids is 1. The quantitative estimate of drug-likeness (QED) is 0.184. The van der Waals surface area contributed by atoms with E-state index < -0.39 is 92.1 Å². The first-order valence-electron chi connectivity index (χ1n) is 7.97. The van der Waals surface area contributed by atoms with E-state index in [1.165, 1.54) is 0 Å². The van der Waals surface area contributed by atoms with Gasteiger partial charge < -0.3 is 5.11 Å². The summed E-state index contributed by atoms with van der Waals surface area (Å²) < 4.78 is 124. The molecule has 0 fully saturated rings. The molecule has 173 valence electrons. The van der Waals surface area contributed by atoms with Gasteiger partial charge in [0, 0.05) is 17.1 Å². The Balaban J connectivity index is 0.00000385. The van der Waals surface area contributed by atoms with Crippen LogP contribution in [0.2, 0.25) is 0 Å². The summed E-state index contributed by atoms with van der Waals surface area (Å²) >= 11 is 0. The molecule has 0 aliphatic carbocycles. The number of nitriles is 1. The van der Waals surface area contributed by atoms with E-state index in [-0.39, 0.29) is 21.8 Å². The number of aryl methyl sites for hydroxylation is 1. The van der Waals surface area contributed by atoms with E-state index in [2.05, 4.69) is 5.10 Å². The summed E-state index contributed by atoms with van der Waals surface area (Å²) in [6.45, 7) is 0.807. The Bertz CT molecular complexity index is 1320. The summed E-state index contributed by atoms with van der Waals surface area (Å²) in [5, 5.41) is 22.0. The summed E-state index contributed by atoms with van der Waals surface area (Å²) in [7, 11) is 0. The number of nitrogens with zero attached hydrogens (tertiary/aromatic N) is 3. The Morgan fingerprint density at radius 2 is 1.21 bits per heavy atom. The first kappa shape index (κ1) is 25.8. The zero-order valence-corrected chi connectivity index (χ0v) is 16.7. The van der Waals surface area contributed by atoms with Gasteiger partial charge in [-0.15, -0.1) is 0 Å². The maximum atomic E-state index is 14.2. The molecule has 3 rings (SSSR count). The van der Waals surface area contributed by atoms with Gasteiger partial charge in [-0.3, -0.25) is 4.79 Å². The van der Waals surface area contributed by atoms with Crippen molar-refractivity contribution in [2.75, 3.05) is 0 Å². The third kappa shape index (κ3) is 3.61. The first-order valence-corrected chi connectivity index (χ1v) is 7.97. The molecule has 0 bridgehead atoms. The minimum absolute atomic E-state index is 0. The number of carbonyl (C=O) groups is 1. The van der Waals surface area contributed by atoms with Gasteiger partial charge in [-0.2, -0.15) is 15.0 Å². The normalized spacial score (nSPS) is 10.7. The second kappa shape index (κ2) is 8.80. The molecule has 1 radical (unpaired) electrons. The van der Waals surface area contributed by atoms with Gasteiger partial charge in [0.1, 0.15) is 28.4 Å². The Morgan fingerprint density at radius 3 is 1.64 bits per heavy atom. The molecule has 0 saturated heterocycles. The van der Waals surface area contributed by atoms with Gasteiger partial charge in [-0.25, -0.2) is 39.5 Å². The molecule has 2 aromatic carbocycles. The Kier molecular flexibility index (Phi) is 6.87. The number of aromatic hydroxyl groups is 1. The zero-order valence-electron chi connectivity index (χ0n) is 15.5. The molecule has 1 heterocycles. The molecule has 33 heavy (non-hydrogen) atoms. The summed E-state index contributed by atoms with van der Waals surface area (Å²) in [5.41, 5.74) is -7.53. The predicted octanol–water partition coefficient (Wildman–Crippen LogP) is 4.24. The Morgan fingerprint density at radius 1 is 0.788 bits per heavy atom. The monoisotopic (exact) mass is 520 g/mol. The van der Waals surface area contributed by atoms with Gasteiger partial charge >= 0.3 is 0 Å². The summed E-state index contributed by atoms with van der Waals surface area (Å²) in [6.07, 6.45) is 0. The maximum Gasteiger partial charge on any atom is 0.226 e. The Hall–Kier alpha value is -3.50. The van der Waals surface area contributed by atoms with Crippen LogP contribution in [0.15, 0.2) is 0 Å². The fourth-order valence-corrected chi connectivity index (χ4v) is 2.77. The average molecular weight is 520 g/mol. The van der Waals surface area contributed by atoms with Crippen LogP contribution in [0.3, 0.4) is 0 Å². The van der Waals surface area contributed by atoms with E-state index in [1.54, 1.807) is 0 Å². The molecule has 0 unspecified atom stereocenters. The molecular formula is C18H4F9MnN3O2. The smallest absolute Gasteiger partial charge is 0.226 e. The van der Waals surface area contributed by atoms with Crippen LogP contribution < -0.4 is 0 Å². The van der Waals surface area contributed by atoms with Crippen LogP contribution in [0.5, 0.6) is 5.88 Å². The third-order valence-electron chi connectivity index (χ3n) is 4.26. The van der Waals surface area contributed by atoms with Crippen molar-refractivity contribution in [3.8, 4) is 17.6 Å². The van der Waals surface area contributed by atoms with Gasteiger partial charge in [-0.05, 0) is 6.92 Å². The number of hydrogen-bond acceptors (Lipinski definition) is 4. The van der Waals surface area contributed by atoms with E-state index in [0.717, 1.165) is 13.0 Å². The molecule has 3 aromatic rings. The molecule has 5 nitrogen and oxygen atoms in total. The predicted molar refractivity (Wildman–Crippen MR) is 84.2 cm³/mol. The minimum atomic E-state index is -2.58. The first-order chi connectivity index (χ1) is 14.9. The van der Waals surface area contributed by atoms with Crippen molar-refractivity contribution in [1.29, 1.82) is 5.26 Å². The number of hydrogen-bond donors (Lipinski definition) is 1. The Labute approximate surface area is 187 Å². The fourth-order valence-electron chi connectivity index (χ4n) is 2.77. The van der Waals surface area contributed by atoms with Gasteiger partial charge in [0.2, 0.25) is 17.5 Å². The number of rotatable bonds is 3. The molecule has 0 atom stereocenters. The van der Waals surface area contributed by atoms with E-state index in [9.17, 15) is 49.4 Å². The van der Waals surface area contributed by atoms with Crippen LogP contribution in [-0.4, -0.2) is 20.7 Å². The maximum absolute atomic E-state index is 14.2. The molecule has 15 heteroatoms. The van der Waals surface area contributed by atoms with Gasteiger partial charge in [0.25, 0.3) is 0 Å². The van der Waals surface area contributed by atoms with Crippen molar-refractivity contribution in [3.63, 3.8) is 0 Å². The second-order valence-corrected chi connectivity index (χ2v) is 6.06. The van der Waals surface area contributed by atoms with Crippen LogP contribution in [0.25, 0.3) is 5.69 Å². The number of ketones is 1. The molecule has 0 spiro atoms. The topological polar surface area (TPSA) is 78.9 Å². The van der Waals surface area contributed by atoms with E-state index >= 15 is 0 Å². The van der Waals surface area contributed by atoms with Gasteiger partial charge in [-0.1, -0.05) is 0 Å². The van der Waals surface area contributed by atoms with Gasteiger partial charge in [0.15, 0.2) is 46.5 Å². The molecule has 1 aromatic heterocycles. The van der Waals surface area contributed by atoms with Crippen molar-refractivity contribution >= 4 is 5.78 Å². The van der Waals surface area contributed by atoms with E-state index in [0.29, 0.717) is 0 Å². The number of benzene rings is 2. The van der Waals surface area contributed by atoms with Crippen molar-refractivity contribution in [1.82, 2.24) is 9.78 Å². The summed E-state index contributed by atoms with van der Waals surface area (Å²) in [4.78, 5) is 12.5. The van der Waals surface area contributed by atoms with Gasteiger partial charge in [0.05, 0.1) is 5.69 Å². The number of halogens is 9. The van der Waals surface area contributed by atoms with Crippen LogP contribution in [0.4, 0.5) is 39.5 Å². The average Bonchev–Trinajstić information content (AvgIpc) is 3.03. The molecule has 1 N–H and O–H groups in total.